The van der Waals surface area contributed by atoms with Crippen LogP contribution in [-0.4, -0.2) is 117 Å². The highest BCUT2D eigenvalue weighted by atomic mass is 16.8. The SMILES string of the molecule is CCCCCCCNC(=O)CCC1OC(OC2OC(CCC(=O)NCCCCCCC)C(O)C(O)C2O)C(O)C(O)C1O. The highest BCUT2D eigenvalue weighted by Gasteiger charge is 2.49. The average molecular weight is 621 g/mol. The number of unbranched alkanes of at least 4 members (excludes halogenated alkanes) is 8. The van der Waals surface area contributed by atoms with Gasteiger partial charge < -0.3 is 55.5 Å². The van der Waals surface area contributed by atoms with Crippen molar-refractivity contribution < 1.29 is 54.4 Å². The summed E-state index contributed by atoms with van der Waals surface area (Å²) in [6.07, 6.45) is -4.49. The van der Waals surface area contributed by atoms with Crippen LogP contribution in [0.3, 0.4) is 0 Å². The first-order valence-corrected chi connectivity index (χ1v) is 16.2. The maximum absolute atomic E-state index is 12.3. The number of carbonyl (C=O) groups excluding carboxylic acids is 2. The van der Waals surface area contributed by atoms with Gasteiger partial charge in [0, 0.05) is 25.9 Å². The molecule has 0 aliphatic carbocycles. The van der Waals surface area contributed by atoms with Crippen LogP contribution in [0.5, 0.6) is 0 Å². The molecule has 8 N–H and O–H groups in total. The van der Waals surface area contributed by atoms with Crippen molar-refractivity contribution in [3.63, 3.8) is 0 Å². The van der Waals surface area contributed by atoms with Gasteiger partial charge in [0.05, 0.1) is 12.2 Å². The van der Waals surface area contributed by atoms with Gasteiger partial charge in [-0.15, -0.1) is 0 Å². The lowest BCUT2D eigenvalue weighted by Gasteiger charge is -2.45. The van der Waals surface area contributed by atoms with Gasteiger partial charge in [-0.3, -0.25) is 9.59 Å². The molecule has 0 aromatic heterocycles. The lowest BCUT2D eigenvalue weighted by atomic mass is 9.94. The van der Waals surface area contributed by atoms with Crippen molar-refractivity contribution >= 4 is 11.8 Å². The smallest absolute Gasteiger partial charge is 0.220 e. The molecule has 0 saturated carbocycles. The zero-order valence-corrected chi connectivity index (χ0v) is 25.8. The molecule has 2 heterocycles. The van der Waals surface area contributed by atoms with Crippen LogP contribution in [0, 0.1) is 0 Å². The van der Waals surface area contributed by atoms with Crippen LogP contribution in [-0.2, 0) is 23.8 Å². The summed E-state index contributed by atoms with van der Waals surface area (Å²) in [5.74, 6) is -0.480. The highest BCUT2D eigenvalue weighted by Crippen LogP contribution is 2.30. The molecule has 43 heavy (non-hydrogen) atoms. The fourth-order valence-corrected chi connectivity index (χ4v) is 5.30. The van der Waals surface area contributed by atoms with Crippen LogP contribution in [0.1, 0.15) is 104 Å². The molecule has 13 nitrogen and oxygen atoms in total. The molecule has 2 fully saturated rings. The first-order chi connectivity index (χ1) is 20.6. The minimum atomic E-state index is -1.73. The Morgan fingerprint density at radius 2 is 0.930 bits per heavy atom. The van der Waals surface area contributed by atoms with Crippen molar-refractivity contribution in [3.8, 4) is 0 Å². The lowest BCUT2D eigenvalue weighted by molar-refractivity contribution is -0.374. The van der Waals surface area contributed by atoms with Gasteiger partial charge in [-0.1, -0.05) is 65.2 Å². The van der Waals surface area contributed by atoms with Crippen molar-refractivity contribution in [2.75, 3.05) is 13.1 Å². The van der Waals surface area contributed by atoms with Crippen LogP contribution < -0.4 is 10.6 Å². The molecule has 2 amide bonds. The first-order valence-electron chi connectivity index (χ1n) is 16.2. The molecule has 2 aliphatic rings. The van der Waals surface area contributed by atoms with E-state index in [1.165, 1.54) is 0 Å². The number of carbonyl (C=O) groups is 2. The normalized spacial score (nSPS) is 32.8. The maximum Gasteiger partial charge on any atom is 0.220 e. The molecule has 0 bridgehead atoms. The van der Waals surface area contributed by atoms with Crippen LogP contribution in [0.25, 0.3) is 0 Å². The van der Waals surface area contributed by atoms with Gasteiger partial charge in [0.2, 0.25) is 11.8 Å². The molecule has 2 aliphatic heterocycles. The standard InChI is InChI=1S/C30H56N2O11/c1-3-5-7-9-11-17-31-21(33)15-13-19-23(35)25(37)27(39)29(41-19)43-30-28(40)26(38)24(36)20(42-30)14-16-22(34)32-18-12-10-8-6-4-2/h19-20,23-30,35-40H,3-18H2,1-2H3,(H,31,33)(H,32,34). The molecule has 0 spiro atoms. The third kappa shape index (κ3) is 12.8. The zero-order valence-electron chi connectivity index (χ0n) is 25.8. The summed E-state index contributed by atoms with van der Waals surface area (Å²) in [4.78, 5) is 24.5. The number of rotatable bonds is 20. The molecule has 13 heteroatoms. The lowest BCUT2D eigenvalue weighted by Crippen LogP contribution is -2.63. The van der Waals surface area contributed by atoms with Gasteiger partial charge in [-0.25, -0.2) is 0 Å². The highest BCUT2D eigenvalue weighted by molar-refractivity contribution is 5.76. The Hall–Kier alpha value is -1.42. The Morgan fingerprint density at radius 1 is 0.558 bits per heavy atom. The topological polar surface area (TPSA) is 207 Å². The molecule has 2 saturated heterocycles. The number of hydrogen-bond acceptors (Lipinski definition) is 11. The van der Waals surface area contributed by atoms with Crippen molar-refractivity contribution in [2.45, 2.75) is 165 Å². The number of aliphatic hydroxyl groups is 6. The van der Waals surface area contributed by atoms with Gasteiger partial charge in [0.1, 0.15) is 36.6 Å². The van der Waals surface area contributed by atoms with Crippen LogP contribution in [0.4, 0.5) is 0 Å². The Labute approximate surface area is 255 Å². The monoisotopic (exact) mass is 620 g/mol. The molecule has 0 aromatic rings. The quantitative estimate of drug-likeness (QED) is 0.0872. The van der Waals surface area contributed by atoms with Gasteiger partial charge in [0.15, 0.2) is 12.6 Å². The van der Waals surface area contributed by atoms with Crippen molar-refractivity contribution in [2.24, 2.45) is 0 Å². The van der Waals surface area contributed by atoms with Gasteiger partial charge in [-0.05, 0) is 25.7 Å². The van der Waals surface area contributed by atoms with Crippen LogP contribution in [0.15, 0.2) is 0 Å². The summed E-state index contributed by atoms with van der Waals surface area (Å²) >= 11 is 0. The number of ether oxygens (including phenoxy) is 3. The van der Waals surface area contributed by atoms with E-state index in [0.29, 0.717) is 13.1 Å². The summed E-state index contributed by atoms with van der Waals surface area (Å²) in [5, 5.41) is 68.3. The van der Waals surface area contributed by atoms with Crippen LogP contribution in [0.2, 0.25) is 0 Å². The van der Waals surface area contributed by atoms with E-state index < -0.39 is 61.4 Å². The predicted octanol–water partition coefficient (Wildman–Crippen LogP) is 0.352. The van der Waals surface area contributed by atoms with Gasteiger partial charge >= 0.3 is 0 Å². The maximum atomic E-state index is 12.3. The van der Waals surface area contributed by atoms with E-state index in [4.69, 9.17) is 14.2 Å². The minimum Gasteiger partial charge on any atom is -0.388 e. The number of amides is 2. The largest absolute Gasteiger partial charge is 0.388 e. The summed E-state index contributed by atoms with van der Waals surface area (Å²) in [7, 11) is 0. The summed E-state index contributed by atoms with van der Waals surface area (Å²) < 4.78 is 16.9. The predicted molar refractivity (Wildman–Crippen MR) is 156 cm³/mol. The molecule has 0 aromatic carbocycles. The van der Waals surface area contributed by atoms with Crippen molar-refractivity contribution in [3.05, 3.63) is 0 Å². The van der Waals surface area contributed by atoms with Crippen LogP contribution >= 0.6 is 0 Å². The summed E-state index contributed by atoms with van der Waals surface area (Å²) in [5.41, 5.74) is 0. The molecule has 252 valence electrons. The Morgan fingerprint density at radius 3 is 1.30 bits per heavy atom. The average Bonchev–Trinajstić information content (AvgIpc) is 2.99. The number of hydrogen-bond donors (Lipinski definition) is 8. The van der Waals surface area contributed by atoms with Gasteiger partial charge in [0.25, 0.3) is 0 Å². The molecule has 10 unspecified atom stereocenters. The first kappa shape index (κ1) is 37.8. The van der Waals surface area contributed by atoms with E-state index in [9.17, 15) is 40.2 Å². The Bertz CT molecular complexity index is 729. The zero-order chi connectivity index (χ0) is 31.8. The second kappa shape index (κ2) is 20.6. The molecule has 0 radical (unpaired) electrons. The van der Waals surface area contributed by atoms with E-state index in [1.54, 1.807) is 0 Å². The van der Waals surface area contributed by atoms with E-state index in [0.717, 1.165) is 64.2 Å². The molecule has 10 atom stereocenters. The number of nitrogens with one attached hydrogen (secondary N) is 2. The second-order valence-corrected chi connectivity index (χ2v) is 11.8. The van der Waals surface area contributed by atoms with Crippen molar-refractivity contribution in [1.82, 2.24) is 10.6 Å². The van der Waals surface area contributed by atoms with E-state index in [-0.39, 0.29) is 37.5 Å². The summed E-state index contributed by atoms with van der Waals surface area (Å²) in [6.45, 7) is 5.34. The van der Waals surface area contributed by atoms with Gasteiger partial charge in [-0.2, -0.15) is 0 Å². The van der Waals surface area contributed by atoms with Crippen molar-refractivity contribution in [1.29, 1.82) is 0 Å². The van der Waals surface area contributed by atoms with E-state index in [2.05, 4.69) is 24.5 Å². The number of aliphatic hydroxyl groups excluding tert-OH is 6. The fraction of sp³-hybridized carbons (Fsp3) is 0.933. The molecular formula is C30H56N2O11. The third-order valence-corrected chi connectivity index (χ3v) is 8.12. The Kier molecular flexibility index (Phi) is 18.1. The Balaban J connectivity index is 1.86. The fourth-order valence-electron chi connectivity index (χ4n) is 5.30. The van der Waals surface area contributed by atoms with E-state index >= 15 is 0 Å². The second-order valence-electron chi connectivity index (χ2n) is 11.8. The molecular weight excluding hydrogens is 564 g/mol. The molecule has 2 rings (SSSR count). The third-order valence-electron chi connectivity index (χ3n) is 8.12. The van der Waals surface area contributed by atoms with E-state index in [1.807, 2.05) is 0 Å². The summed E-state index contributed by atoms with van der Waals surface area (Å²) in [6, 6.07) is 0. The minimum absolute atomic E-state index is 0.00254.